The molecule has 0 fully saturated rings. The quantitative estimate of drug-likeness (QED) is 0.691. The lowest BCUT2D eigenvalue weighted by molar-refractivity contribution is 0.266. The second-order valence-electron chi connectivity index (χ2n) is 5.18. The molecule has 7 nitrogen and oxygen atoms in total. The van der Waals surface area contributed by atoms with Crippen molar-refractivity contribution in [2.75, 3.05) is 6.61 Å². The second kappa shape index (κ2) is 7.74. The number of aromatic nitrogens is 6. The number of aryl methyl sites for hydroxylation is 2. The summed E-state index contributed by atoms with van der Waals surface area (Å²) < 4.78 is 3.43. The molecule has 0 saturated heterocycles. The van der Waals surface area contributed by atoms with E-state index in [1.807, 2.05) is 0 Å². The Labute approximate surface area is 148 Å². The summed E-state index contributed by atoms with van der Waals surface area (Å²) in [4.78, 5) is 8.48. The number of nitrogens with zero attached hydrogens (tertiary/aromatic N) is 6. The topological polar surface area (TPSA) is 81.6 Å². The van der Waals surface area contributed by atoms with Crippen molar-refractivity contribution in [2.24, 2.45) is 0 Å². The van der Waals surface area contributed by atoms with Crippen molar-refractivity contribution in [3.8, 4) is 0 Å². The normalized spacial score (nSPS) is 11.1. The van der Waals surface area contributed by atoms with E-state index in [1.54, 1.807) is 33.9 Å². The van der Waals surface area contributed by atoms with Crippen molar-refractivity contribution >= 4 is 23.2 Å². The number of hydrogen-bond donors (Lipinski definition) is 1. The van der Waals surface area contributed by atoms with Gasteiger partial charge in [-0.1, -0.05) is 29.3 Å². The zero-order valence-electron chi connectivity index (χ0n) is 12.8. The maximum absolute atomic E-state index is 9.23. The molecule has 0 bridgehead atoms. The summed E-state index contributed by atoms with van der Waals surface area (Å²) in [6, 6.07) is 5.38. The van der Waals surface area contributed by atoms with Gasteiger partial charge in [0.15, 0.2) is 5.82 Å². The van der Waals surface area contributed by atoms with Gasteiger partial charge in [-0.2, -0.15) is 10.2 Å². The molecule has 0 aliphatic heterocycles. The smallest absolute Gasteiger partial charge is 0.155 e. The van der Waals surface area contributed by atoms with Gasteiger partial charge in [0, 0.05) is 29.4 Å². The zero-order chi connectivity index (χ0) is 16.9. The first-order valence-electron chi connectivity index (χ1n) is 7.46. The first-order chi connectivity index (χ1) is 11.7. The lowest BCUT2D eigenvalue weighted by atomic mass is 10.1. The van der Waals surface area contributed by atoms with Crippen LogP contribution < -0.4 is 0 Å². The Balaban J connectivity index is 1.80. The van der Waals surface area contributed by atoms with Crippen LogP contribution in [0.15, 0.2) is 30.9 Å². The van der Waals surface area contributed by atoms with Crippen LogP contribution in [0.25, 0.3) is 0 Å². The van der Waals surface area contributed by atoms with Gasteiger partial charge in [-0.25, -0.2) is 14.6 Å². The highest BCUT2D eigenvalue weighted by Crippen LogP contribution is 2.26. The Morgan fingerprint density at radius 2 is 1.92 bits per heavy atom. The molecule has 0 unspecified atom stereocenters. The largest absolute Gasteiger partial charge is 0.394 e. The van der Waals surface area contributed by atoms with Gasteiger partial charge in [0.2, 0.25) is 0 Å². The monoisotopic (exact) mass is 366 g/mol. The average molecular weight is 367 g/mol. The molecule has 3 aromatic rings. The Hall–Kier alpha value is -1.96. The van der Waals surface area contributed by atoms with Crippen LogP contribution in [-0.4, -0.2) is 41.2 Å². The van der Waals surface area contributed by atoms with E-state index in [9.17, 15) is 5.11 Å². The van der Waals surface area contributed by atoms with Crippen molar-refractivity contribution in [3.05, 3.63) is 58.1 Å². The van der Waals surface area contributed by atoms with Gasteiger partial charge in [-0.05, 0) is 17.7 Å². The minimum absolute atomic E-state index is 0.00796. The van der Waals surface area contributed by atoms with Crippen LogP contribution in [0.4, 0.5) is 0 Å². The number of aliphatic hydroxyl groups excluding tert-OH is 1. The highest BCUT2D eigenvalue weighted by Gasteiger charge is 2.14. The molecule has 0 atom stereocenters. The lowest BCUT2D eigenvalue weighted by Crippen LogP contribution is -2.11. The van der Waals surface area contributed by atoms with Crippen molar-refractivity contribution < 1.29 is 5.11 Å². The van der Waals surface area contributed by atoms with Crippen LogP contribution in [-0.2, 0) is 25.9 Å². The molecule has 9 heteroatoms. The van der Waals surface area contributed by atoms with Crippen molar-refractivity contribution in [1.29, 1.82) is 0 Å². The van der Waals surface area contributed by atoms with E-state index in [2.05, 4.69) is 20.2 Å². The van der Waals surface area contributed by atoms with Gasteiger partial charge in [-0.15, -0.1) is 0 Å². The van der Waals surface area contributed by atoms with Gasteiger partial charge in [-0.3, -0.25) is 4.68 Å². The summed E-state index contributed by atoms with van der Waals surface area (Å²) in [5.41, 5.74) is 0.796. The highest BCUT2D eigenvalue weighted by atomic mass is 35.5. The van der Waals surface area contributed by atoms with Gasteiger partial charge in [0.05, 0.1) is 13.2 Å². The van der Waals surface area contributed by atoms with Crippen LogP contribution in [0.3, 0.4) is 0 Å². The standard InChI is InChI=1S/C15H16Cl2N6O/c16-12-2-1-3-13(17)11(12)8-14-20-15(23(21-14)6-7-24)4-5-22-10-18-9-19-22/h1-3,9-10,24H,4-8H2. The van der Waals surface area contributed by atoms with Crippen molar-refractivity contribution in [3.63, 3.8) is 0 Å². The molecule has 0 radical (unpaired) electrons. The maximum atomic E-state index is 9.23. The SMILES string of the molecule is OCCn1nc(Cc2c(Cl)cccc2Cl)nc1CCn1cncn1. The van der Waals surface area contributed by atoms with Gasteiger partial charge in [0.25, 0.3) is 0 Å². The van der Waals surface area contributed by atoms with Crippen LogP contribution in [0.1, 0.15) is 17.2 Å². The molecule has 2 aromatic heterocycles. The molecule has 1 N–H and O–H groups in total. The third kappa shape index (κ3) is 3.92. The number of benzene rings is 1. The van der Waals surface area contributed by atoms with Gasteiger partial charge < -0.3 is 5.11 Å². The van der Waals surface area contributed by atoms with E-state index >= 15 is 0 Å². The van der Waals surface area contributed by atoms with E-state index in [-0.39, 0.29) is 6.61 Å². The number of rotatable bonds is 7. The zero-order valence-corrected chi connectivity index (χ0v) is 14.3. The van der Waals surface area contributed by atoms with Crippen LogP contribution in [0, 0.1) is 0 Å². The van der Waals surface area contributed by atoms with E-state index < -0.39 is 0 Å². The summed E-state index contributed by atoms with van der Waals surface area (Å²) >= 11 is 12.4. The molecule has 0 spiro atoms. The third-order valence-corrected chi connectivity index (χ3v) is 4.24. The summed E-state index contributed by atoms with van der Waals surface area (Å²) in [6.45, 7) is 1.01. The predicted molar refractivity (Wildman–Crippen MR) is 90.1 cm³/mol. The second-order valence-corrected chi connectivity index (χ2v) is 5.99. The Bertz CT molecular complexity index is 782. The van der Waals surface area contributed by atoms with E-state index in [0.29, 0.717) is 41.8 Å². The molecule has 1 aromatic carbocycles. The molecule has 0 aliphatic carbocycles. The van der Waals surface area contributed by atoms with Gasteiger partial charge >= 0.3 is 0 Å². The van der Waals surface area contributed by atoms with Gasteiger partial charge in [0.1, 0.15) is 18.5 Å². The number of halogens is 2. The molecular weight excluding hydrogens is 351 g/mol. The molecule has 0 amide bonds. The summed E-state index contributed by atoms with van der Waals surface area (Å²) in [6.07, 6.45) is 4.21. The number of hydrogen-bond acceptors (Lipinski definition) is 5. The molecule has 126 valence electrons. The molecular formula is C15H16Cl2N6O. The molecule has 0 aliphatic rings. The van der Waals surface area contributed by atoms with Crippen molar-refractivity contribution in [1.82, 2.24) is 29.5 Å². The Morgan fingerprint density at radius 3 is 2.58 bits per heavy atom. The van der Waals surface area contributed by atoms with E-state index in [0.717, 1.165) is 11.4 Å². The minimum atomic E-state index is -0.00796. The first-order valence-corrected chi connectivity index (χ1v) is 8.21. The average Bonchev–Trinajstić information content (AvgIpc) is 3.19. The van der Waals surface area contributed by atoms with Crippen LogP contribution >= 0.6 is 23.2 Å². The van der Waals surface area contributed by atoms with Crippen LogP contribution in [0.5, 0.6) is 0 Å². The van der Waals surface area contributed by atoms with Crippen molar-refractivity contribution in [2.45, 2.75) is 25.9 Å². The molecule has 0 saturated carbocycles. The minimum Gasteiger partial charge on any atom is -0.394 e. The molecule has 2 heterocycles. The van der Waals surface area contributed by atoms with E-state index in [4.69, 9.17) is 23.2 Å². The third-order valence-electron chi connectivity index (χ3n) is 3.53. The molecule has 3 rings (SSSR count). The Kier molecular flexibility index (Phi) is 5.44. The fourth-order valence-electron chi connectivity index (χ4n) is 2.38. The highest BCUT2D eigenvalue weighted by molar-refractivity contribution is 6.36. The summed E-state index contributed by atoms with van der Waals surface area (Å²) in [7, 11) is 0. The number of aliphatic hydroxyl groups is 1. The lowest BCUT2D eigenvalue weighted by Gasteiger charge is -2.03. The summed E-state index contributed by atoms with van der Waals surface area (Å²) in [5.74, 6) is 1.39. The Morgan fingerprint density at radius 1 is 1.12 bits per heavy atom. The fourth-order valence-corrected chi connectivity index (χ4v) is 2.91. The molecule has 24 heavy (non-hydrogen) atoms. The van der Waals surface area contributed by atoms with E-state index in [1.165, 1.54) is 6.33 Å². The maximum Gasteiger partial charge on any atom is 0.155 e. The fraction of sp³-hybridized carbons (Fsp3) is 0.333. The van der Waals surface area contributed by atoms with Crippen LogP contribution in [0.2, 0.25) is 10.0 Å². The summed E-state index contributed by atoms with van der Waals surface area (Å²) in [5, 5.41) is 18.9. The first kappa shape index (κ1) is 16.9. The predicted octanol–water partition coefficient (Wildman–Crippen LogP) is 2.00.